The molecule has 174 valence electrons. The van der Waals surface area contributed by atoms with E-state index in [2.05, 4.69) is 65.4 Å². The lowest BCUT2D eigenvalue weighted by molar-refractivity contribution is 0.175. The number of pyridine rings is 1. The van der Waals surface area contributed by atoms with Crippen LogP contribution in [0.3, 0.4) is 0 Å². The number of anilines is 1. The first-order chi connectivity index (χ1) is 16.6. The molecule has 2 aromatic carbocycles. The number of nitrogens with one attached hydrogen (secondary N) is 3. The van der Waals surface area contributed by atoms with Gasteiger partial charge in [0.15, 0.2) is 5.82 Å². The molecule has 0 spiro atoms. The van der Waals surface area contributed by atoms with Crippen LogP contribution in [0, 0.1) is 6.92 Å². The van der Waals surface area contributed by atoms with Crippen LogP contribution in [0.2, 0.25) is 0 Å². The number of urea groups is 1. The van der Waals surface area contributed by atoms with Gasteiger partial charge in [-0.15, -0.1) is 5.10 Å². The second kappa shape index (κ2) is 9.56. The Labute approximate surface area is 198 Å². The third-order valence-electron chi connectivity index (χ3n) is 6.64. The summed E-state index contributed by atoms with van der Waals surface area (Å²) in [5.41, 5.74) is 3.52. The number of aryl methyl sites for hydroxylation is 1. The molecule has 0 radical (unpaired) electrons. The zero-order chi connectivity index (χ0) is 23.4. The molecular formula is C25H28N8O. The van der Waals surface area contributed by atoms with Gasteiger partial charge in [0.1, 0.15) is 0 Å². The van der Waals surface area contributed by atoms with Gasteiger partial charge in [-0.05, 0) is 61.0 Å². The Morgan fingerprint density at radius 3 is 2.62 bits per heavy atom. The number of aromatic nitrogens is 5. The van der Waals surface area contributed by atoms with Crippen LogP contribution in [0.4, 0.5) is 10.5 Å². The molecule has 3 N–H and O–H groups in total. The van der Waals surface area contributed by atoms with Crippen molar-refractivity contribution in [3.63, 3.8) is 0 Å². The predicted octanol–water partition coefficient (Wildman–Crippen LogP) is 3.26. The summed E-state index contributed by atoms with van der Waals surface area (Å²) >= 11 is 0. The first kappa shape index (κ1) is 22.0. The van der Waals surface area contributed by atoms with Crippen LogP contribution in [0.1, 0.15) is 29.9 Å². The quantitative estimate of drug-likeness (QED) is 0.411. The van der Waals surface area contributed by atoms with E-state index in [0.717, 1.165) is 60.6 Å². The molecule has 0 aliphatic carbocycles. The third kappa shape index (κ3) is 4.47. The predicted molar refractivity (Wildman–Crippen MR) is 131 cm³/mol. The van der Waals surface area contributed by atoms with Crippen LogP contribution in [-0.4, -0.2) is 62.7 Å². The van der Waals surface area contributed by atoms with Crippen molar-refractivity contribution in [2.45, 2.75) is 25.2 Å². The number of carbonyl (C=O) groups excluding carboxylic acids is 1. The highest BCUT2D eigenvalue weighted by Gasteiger charge is 2.40. The average molecular weight is 457 g/mol. The van der Waals surface area contributed by atoms with Gasteiger partial charge in [0, 0.05) is 24.2 Å². The number of fused-ring (bicyclic) bond motifs is 1. The minimum atomic E-state index is -0.216. The van der Waals surface area contributed by atoms with Crippen LogP contribution in [0.15, 0.2) is 60.7 Å². The maximum atomic E-state index is 12.6. The van der Waals surface area contributed by atoms with Gasteiger partial charge in [-0.2, -0.15) is 0 Å². The zero-order valence-electron chi connectivity index (χ0n) is 19.2. The van der Waals surface area contributed by atoms with Crippen molar-refractivity contribution < 1.29 is 4.79 Å². The molecule has 5 rings (SSSR count). The normalized spacial score (nSPS) is 15.8. The molecule has 3 heterocycles. The van der Waals surface area contributed by atoms with Crippen molar-refractivity contribution in [2.75, 3.05) is 31.5 Å². The Hall–Kier alpha value is -3.85. The molecule has 9 nitrogen and oxygen atoms in total. The molecule has 1 aliphatic rings. The summed E-state index contributed by atoms with van der Waals surface area (Å²) in [6.45, 7) is 5.06. The number of hydrogen-bond donors (Lipinski definition) is 3. The molecule has 0 bridgehead atoms. The van der Waals surface area contributed by atoms with Crippen molar-refractivity contribution >= 4 is 22.6 Å². The highest BCUT2D eigenvalue weighted by atomic mass is 16.2. The standard InChI is InChI=1S/C25H28N8O/c1-18-17-22(20-9-5-6-10-21(20)27-18)28-24(34)26-13-16-33-14-11-25(12-15-33,23-29-31-32-30-23)19-7-3-2-4-8-19/h2-10,17H,11-16H2,1H3,(H2,26,27,28,34)(H,29,30,31,32). The number of tetrazole rings is 1. The number of piperidine rings is 1. The maximum absolute atomic E-state index is 12.6. The lowest BCUT2D eigenvalue weighted by Crippen LogP contribution is -2.46. The Morgan fingerprint density at radius 1 is 1.09 bits per heavy atom. The van der Waals surface area contributed by atoms with Gasteiger partial charge in [-0.25, -0.2) is 9.89 Å². The van der Waals surface area contributed by atoms with Gasteiger partial charge in [-0.1, -0.05) is 48.5 Å². The van der Waals surface area contributed by atoms with Crippen LogP contribution in [-0.2, 0) is 5.41 Å². The first-order valence-electron chi connectivity index (χ1n) is 11.6. The maximum Gasteiger partial charge on any atom is 0.319 e. The second-order valence-electron chi connectivity index (χ2n) is 8.75. The fourth-order valence-electron chi connectivity index (χ4n) is 4.84. The van der Waals surface area contributed by atoms with E-state index in [4.69, 9.17) is 0 Å². The number of nitrogens with zero attached hydrogens (tertiary/aromatic N) is 5. The monoisotopic (exact) mass is 456 g/mol. The van der Waals surface area contributed by atoms with E-state index in [1.54, 1.807) is 0 Å². The van der Waals surface area contributed by atoms with E-state index in [0.29, 0.717) is 6.54 Å². The lowest BCUT2D eigenvalue weighted by atomic mass is 9.72. The average Bonchev–Trinajstić information content (AvgIpc) is 3.41. The smallest absolute Gasteiger partial charge is 0.319 e. The fraction of sp³-hybridized carbons (Fsp3) is 0.320. The molecular weight excluding hydrogens is 428 g/mol. The van der Waals surface area contributed by atoms with Crippen LogP contribution in [0.5, 0.6) is 0 Å². The Balaban J connectivity index is 1.17. The highest BCUT2D eigenvalue weighted by Crippen LogP contribution is 2.39. The molecule has 1 saturated heterocycles. The van der Waals surface area contributed by atoms with E-state index in [9.17, 15) is 4.79 Å². The van der Waals surface area contributed by atoms with E-state index in [1.807, 2.05) is 43.3 Å². The number of hydrogen-bond acceptors (Lipinski definition) is 6. The minimum absolute atomic E-state index is 0.209. The number of likely N-dealkylation sites (tertiary alicyclic amines) is 1. The van der Waals surface area contributed by atoms with Gasteiger partial charge in [0.2, 0.25) is 0 Å². The number of para-hydroxylation sites is 1. The summed E-state index contributed by atoms with van der Waals surface area (Å²) in [7, 11) is 0. The first-order valence-corrected chi connectivity index (χ1v) is 11.6. The number of amides is 2. The summed E-state index contributed by atoms with van der Waals surface area (Å²) in [6.07, 6.45) is 1.81. The van der Waals surface area contributed by atoms with Crippen molar-refractivity contribution in [3.05, 3.63) is 77.7 Å². The molecule has 0 unspecified atom stereocenters. The number of rotatable bonds is 6. The SMILES string of the molecule is Cc1cc(NC(=O)NCCN2CCC(c3ccccc3)(c3nnn[nH]3)CC2)c2ccccc2n1. The van der Waals surface area contributed by atoms with Crippen molar-refractivity contribution in [3.8, 4) is 0 Å². The molecule has 0 atom stereocenters. The summed E-state index contributed by atoms with van der Waals surface area (Å²) in [5.74, 6) is 0.815. The third-order valence-corrected chi connectivity index (χ3v) is 6.64. The Kier molecular flexibility index (Phi) is 6.18. The summed E-state index contributed by atoms with van der Waals surface area (Å²) in [5, 5.41) is 21.8. The van der Waals surface area contributed by atoms with Gasteiger partial charge in [0.25, 0.3) is 0 Å². The Bertz CT molecular complexity index is 1250. The van der Waals surface area contributed by atoms with Crippen LogP contribution >= 0.6 is 0 Å². The van der Waals surface area contributed by atoms with Crippen molar-refractivity contribution in [1.82, 2.24) is 35.8 Å². The number of benzene rings is 2. The molecule has 1 aliphatic heterocycles. The van der Waals surface area contributed by atoms with E-state index in [-0.39, 0.29) is 11.4 Å². The largest absolute Gasteiger partial charge is 0.337 e. The van der Waals surface area contributed by atoms with Crippen LogP contribution in [0.25, 0.3) is 10.9 Å². The molecule has 4 aromatic rings. The molecule has 2 aromatic heterocycles. The van der Waals surface area contributed by atoms with Gasteiger partial charge >= 0.3 is 6.03 Å². The number of H-pyrrole nitrogens is 1. The minimum Gasteiger partial charge on any atom is -0.337 e. The summed E-state index contributed by atoms with van der Waals surface area (Å²) in [6, 6.07) is 19.9. The fourth-order valence-corrected chi connectivity index (χ4v) is 4.84. The van der Waals surface area contributed by atoms with Gasteiger partial charge in [0.05, 0.1) is 16.6 Å². The highest BCUT2D eigenvalue weighted by molar-refractivity contribution is 6.00. The zero-order valence-corrected chi connectivity index (χ0v) is 19.2. The van der Waals surface area contributed by atoms with E-state index >= 15 is 0 Å². The lowest BCUT2D eigenvalue weighted by Gasteiger charge is -2.40. The van der Waals surface area contributed by atoms with E-state index < -0.39 is 0 Å². The Morgan fingerprint density at radius 2 is 1.85 bits per heavy atom. The van der Waals surface area contributed by atoms with E-state index in [1.165, 1.54) is 5.56 Å². The van der Waals surface area contributed by atoms with Crippen molar-refractivity contribution in [2.24, 2.45) is 0 Å². The summed E-state index contributed by atoms with van der Waals surface area (Å²) < 4.78 is 0. The van der Waals surface area contributed by atoms with Crippen molar-refractivity contribution in [1.29, 1.82) is 0 Å². The molecule has 1 fully saturated rings. The summed E-state index contributed by atoms with van der Waals surface area (Å²) in [4.78, 5) is 19.5. The molecule has 34 heavy (non-hydrogen) atoms. The van der Waals surface area contributed by atoms with Gasteiger partial charge in [-0.3, -0.25) is 4.98 Å². The second-order valence-corrected chi connectivity index (χ2v) is 8.75. The molecule has 0 saturated carbocycles. The number of aromatic amines is 1. The van der Waals surface area contributed by atoms with Gasteiger partial charge < -0.3 is 15.5 Å². The topological polar surface area (TPSA) is 112 Å². The van der Waals surface area contributed by atoms with Crippen LogP contribution < -0.4 is 10.6 Å². The molecule has 2 amide bonds. The molecule has 9 heteroatoms. The number of carbonyl (C=O) groups is 1.